The van der Waals surface area contributed by atoms with E-state index < -0.39 is 5.97 Å². The van der Waals surface area contributed by atoms with E-state index in [9.17, 15) is 9.59 Å². The van der Waals surface area contributed by atoms with Crippen LogP contribution in [0.2, 0.25) is 0 Å². The number of aryl methyl sites for hydroxylation is 2. The highest BCUT2D eigenvalue weighted by Gasteiger charge is 2.12. The van der Waals surface area contributed by atoms with Gasteiger partial charge in [-0.05, 0) is 13.0 Å². The van der Waals surface area contributed by atoms with Gasteiger partial charge in [-0.2, -0.15) is 15.3 Å². The molecule has 26 heavy (non-hydrogen) atoms. The molecule has 3 heterocycles. The van der Waals surface area contributed by atoms with Gasteiger partial charge in [-0.3, -0.25) is 18.8 Å². The first kappa shape index (κ1) is 17.4. The minimum Gasteiger partial charge on any atom is -0.477 e. The Labute approximate surface area is 149 Å². The number of carboxylic acid groups (broad SMARTS) is 1. The Morgan fingerprint density at radius 2 is 1.96 bits per heavy atom. The van der Waals surface area contributed by atoms with Crippen molar-refractivity contribution in [3.05, 3.63) is 48.3 Å². The van der Waals surface area contributed by atoms with Gasteiger partial charge in [0.05, 0.1) is 31.2 Å². The third-order valence-electron chi connectivity index (χ3n) is 3.76. The van der Waals surface area contributed by atoms with E-state index in [0.717, 1.165) is 12.1 Å². The van der Waals surface area contributed by atoms with Crippen LogP contribution in [0.3, 0.4) is 0 Å². The van der Waals surface area contributed by atoms with Gasteiger partial charge in [0.25, 0.3) is 0 Å². The lowest BCUT2D eigenvalue weighted by Gasteiger charge is -2.05. The van der Waals surface area contributed by atoms with E-state index in [2.05, 4.69) is 20.6 Å². The van der Waals surface area contributed by atoms with E-state index in [1.54, 1.807) is 23.3 Å². The first-order valence-electron chi connectivity index (χ1n) is 8.14. The van der Waals surface area contributed by atoms with Crippen molar-refractivity contribution in [2.45, 2.75) is 33.0 Å². The standard InChI is InChI=1S/C16H19N7O3/c1-2-21-9-12(7-18-21)10-22-11-13(8-19-22)20-15(24)4-6-23-14(16(25)26)3-5-17-23/h3,5,7-9,11H,2,4,6,10H2,1H3,(H,20,24)(H,25,26). The molecule has 1 amide bonds. The molecule has 0 aliphatic rings. The number of amides is 1. The lowest BCUT2D eigenvalue weighted by Crippen LogP contribution is -2.17. The van der Waals surface area contributed by atoms with Gasteiger partial charge < -0.3 is 10.4 Å². The summed E-state index contributed by atoms with van der Waals surface area (Å²) in [5.74, 6) is -1.31. The number of carbonyl (C=O) groups is 2. The Morgan fingerprint density at radius 3 is 2.69 bits per heavy atom. The molecule has 0 atom stereocenters. The fourth-order valence-corrected chi connectivity index (χ4v) is 2.49. The van der Waals surface area contributed by atoms with Crippen molar-refractivity contribution in [1.29, 1.82) is 0 Å². The predicted octanol–water partition coefficient (Wildman–Crippen LogP) is 1.07. The van der Waals surface area contributed by atoms with E-state index in [0.29, 0.717) is 12.2 Å². The van der Waals surface area contributed by atoms with Crippen molar-refractivity contribution in [2.75, 3.05) is 5.32 Å². The number of hydrogen-bond acceptors (Lipinski definition) is 5. The second-order valence-electron chi connectivity index (χ2n) is 5.67. The summed E-state index contributed by atoms with van der Waals surface area (Å²) in [7, 11) is 0. The molecule has 2 N–H and O–H groups in total. The summed E-state index contributed by atoms with van der Waals surface area (Å²) in [5, 5.41) is 24.1. The molecule has 10 heteroatoms. The number of anilines is 1. The molecule has 3 rings (SSSR count). The van der Waals surface area contributed by atoms with Gasteiger partial charge >= 0.3 is 5.97 Å². The number of hydrogen-bond donors (Lipinski definition) is 2. The molecule has 0 unspecified atom stereocenters. The van der Waals surface area contributed by atoms with E-state index in [4.69, 9.17) is 5.11 Å². The third-order valence-corrected chi connectivity index (χ3v) is 3.76. The first-order valence-corrected chi connectivity index (χ1v) is 8.14. The van der Waals surface area contributed by atoms with Gasteiger partial charge in [-0.15, -0.1) is 0 Å². The molecule has 0 fully saturated rings. The molecule has 136 valence electrons. The molecule has 0 spiro atoms. The number of aromatic carboxylic acids is 1. The fourth-order valence-electron chi connectivity index (χ4n) is 2.49. The largest absolute Gasteiger partial charge is 0.477 e. The fraction of sp³-hybridized carbons (Fsp3) is 0.312. The van der Waals surface area contributed by atoms with Crippen molar-refractivity contribution in [3.8, 4) is 0 Å². The maximum Gasteiger partial charge on any atom is 0.354 e. The van der Waals surface area contributed by atoms with Crippen LogP contribution in [0.25, 0.3) is 0 Å². The average Bonchev–Trinajstić information content (AvgIpc) is 3.34. The highest BCUT2D eigenvalue weighted by atomic mass is 16.4. The number of carbonyl (C=O) groups excluding carboxylic acids is 1. The monoisotopic (exact) mass is 357 g/mol. The van der Waals surface area contributed by atoms with Crippen LogP contribution in [0.5, 0.6) is 0 Å². The van der Waals surface area contributed by atoms with Gasteiger partial charge in [-0.1, -0.05) is 0 Å². The molecule has 0 aliphatic carbocycles. The summed E-state index contributed by atoms with van der Waals surface area (Å²) in [5.41, 5.74) is 1.66. The molecule has 3 aromatic heterocycles. The Kier molecular flexibility index (Phi) is 5.11. The molecule has 0 aromatic carbocycles. The van der Waals surface area contributed by atoms with Gasteiger partial charge in [-0.25, -0.2) is 4.79 Å². The van der Waals surface area contributed by atoms with Crippen LogP contribution < -0.4 is 5.32 Å². The van der Waals surface area contributed by atoms with E-state index in [1.165, 1.54) is 16.9 Å². The second kappa shape index (κ2) is 7.64. The topological polar surface area (TPSA) is 120 Å². The lowest BCUT2D eigenvalue weighted by molar-refractivity contribution is -0.116. The summed E-state index contributed by atoms with van der Waals surface area (Å²) in [6.45, 7) is 3.57. The van der Waals surface area contributed by atoms with Gasteiger partial charge in [0.15, 0.2) is 0 Å². The lowest BCUT2D eigenvalue weighted by atomic mass is 10.3. The van der Waals surface area contributed by atoms with Crippen LogP contribution in [0, 0.1) is 0 Å². The number of rotatable bonds is 8. The smallest absolute Gasteiger partial charge is 0.354 e. The molecule has 0 aliphatic heterocycles. The summed E-state index contributed by atoms with van der Waals surface area (Å²) in [6.07, 6.45) is 8.54. The molecule has 0 radical (unpaired) electrons. The van der Waals surface area contributed by atoms with Crippen LogP contribution in [-0.2, 0) is 24.4 Å². The van der Waals surface area contributed by atoms with Crippen molar-refractivity contribution >= 4 is 17.6 Å². The van der Waals surface area contributed by atoms with E-state index >= 15 is 0 Å². The maximum absolute atomic E-state index is 12.0. The summed E-state index contributed by atoms with van der Waals surface area (Å²) in [4.78, 5) is 23.1. The van der Waals surface area contributed by atoms with Crippen molar-refractivity contribution in [2.24, 2.45) is 0 Å². The Morgan fingerprint density at radius 1 is 1.15 bits per heavy atom. The van der Waals surface area contributed by atoms with E-state index in [1.807, 2.05) is 17.8 Å². The molecule has 3 aromatic rings. The zero-order chi connectivity index (χ0) is 18.5. The van der Waals surface area contributed by atoms with Crippen LogP contribution in [0.1, 0.15) is 29.4 Å². The average molecular weight is 357 g/mol. The van der Waals surface area contributed by atoms with Crippen LogP contribution in [-0.4, -0.2) is 46.3 Å². The Hall–Kier alpha value is -3.43. The van der Waals surface area contributed by atoms with Crippen molar-refractivity contribution < 1.29 is 14.7 Å². The van der Waals surface area contributed by atoms with Crippen LogP contribution in [0.15, 0.2) is 37.1 Å². The number of aromatic nitrogens is 6. The zero-order valence-electron chi connectivity index (χ0n) is 14.2. The normalized spacial score (nSPS) is 10.8. The minimum absolute atomic E-state index is 0.0539. The van der Waals surface area contributed by atoms with Crippen molar-refractivity contribution in [1.82, 2.24) is 29.3 Å². The quantitative estimate of drug-likeness (QED) is 0.622. The molecule has 10 nitrogen and oxygen atoms in total. The van der Waals surface area contributed by atoms with Gasteiger partial charge in [0.1, 0.15) is 5.69 Å². The summed E-state index contributed by atoms with van der Waals surface area (Å²) >= 11 is 0. The van der Waals surface area contributed by atoms with E-state index in [-0.39, 0.29) is 24.6 Å². The number of nitrogens with one attached hydrogen (secondary N) is 1. The number of carboxylic acids is 1. The molecular weight excluding hydrogens is 338 g/mol. The molecule has 0 saturated carbocycles. The Bertz CT molecular complexity index is 908. The molecule has 0 saturated heterocycles. The SMILES string of the molecule is CCn1cc(Cn2cc(NC(=O)CCn3nccc3C(=O)O)cn2)cn1. The Balaban J connectivity index is 1.52. The summed E-state index contributed by atoms with van der Waals surface area (Å²) < 4.78 is 4.83. The van der Waals surface area contributed by atoms with Gasteiger partial charge in [0, 0.05) is 37.1 Å². The molecule has 0 bridgehead atoms. The van der Waals surface area contributed by atoms with Crippen LogP contribution in [0.4, 0.5) is 5.69 Å². The highest BCUT2D eigenvalue weighted by Crippen LogP contribution is 2.09. The highest BCUT2D eigenvalue weighted by molar-refractivity contribution is 5.90. The van der Waals surface area contributed by atoms with Gasteiger partial charge in [0.2, 0.25) is 5.91 Å². The minimum atomic E-state index is -1.07. The molecular formula is C16H19N7O3. The predicted molar refractivity (Wildman–Crippen MR) is 91.7 cm³/mol. The maximum atomic E-state index is 12.0. The van der Waals surface area contributed by atoms with Crippen LogP contribution >= 0.6 is 0 Å². The first-order chi connectivity index (χ1) is 12.5. The third kappa shape index (κ3) is 4.15. The number of nitrogens with zero attached hydrogens (tertiary/aromatic N) is 6. The summed E-state index contributed by atoms with van der Waals surface area (Å²) in [6, 6.07) is 1.39. The zero-order valence-corrected chi connectivity index (χ0v) is 14.2. The second-order valence-corrected chi connectivity index (χ2v) is 5.67. The van der Waals surface area contributed by atoms with Crippen molar-refractivity contribution in [3.63, 3.8) is 0 Å².